The summed E-state index contributed by atoms with van der Waals surface area (Å²) in [5.41, 5.74) is 2.79. The van der Waals surface area contributed by atoms with E-state index in [1.54, 1.807) is 42.5 Å². The van der Waals surface area contributed by atoms with Crippen LogP contribution in [-0.2, 0) is 10.0 Å². The van der Waals surface area contributed by atoms with E-state index in [0.29, 0.717) is 39.8 Å². The monoisotopic (exact) mass is 538 g/mol. The van der Waals surface area contributed by atoms with Crippen molar-refractivity contribution in [3.05, 3.63) is 89.0 Å². The maximum absolute atomic E-state index is 12.8. The van der Waals surface area contributed by atoms with Gasteiger partial charge in [-0.3, -0.25) is 9.52 Å². The van der Waals surface area contributed by atoms with Crippen LogP contribution in [0.25, 0.3) is 6.08 Å². The summed E-state index contributed by atoms with van der Waals surface area (Å²) in [6.07, 6.45) is 4.24. The maximum atomic E-state index is 12.8. The Bertz CT molecular complexity index is 1420. The lowest BCUT2D eigenvalue weighted by Gasteiger charge is -2.13. The number of ketones is 1. The van der Waals surface area contributed by atoms with Gasteiger partial charge < -0.3 is 24.3 Å². The standard InChI is InChI=1S/C28H30N2O7S/c1-19-6-8-20(9-7-19)25(31)12-14-29-24-16-21(10-11-26(24)35-3)30-38(32,33)15-13-23-27(36-4)17-22(34-2)18-28(23)37-5/h6-18,29-30H,1-5H3. The largest absolute Gasteiger partial charge is 0.496 e. The topological polar surface area (TPSA) is 112 Å². The first-order chi connectivity index (χ1) is 18.2. The van der Waals surface area contributed by atoms with Crippen molar-refractivity contribution in [2.45, 2.75) is 6.92 Å². The lowest BCUT2D eigenvalue weighted by molar-refractivity contribution is 0.104. The first kappa shape index (κ1) is 28.1. The average Bonchev–Trinajstić information content (AvgIpc) is 2.91. The molecule has 3 aromatic rings. The quantitative estimate of drug-likeness (QED) is 0.238. The molecular formula is C28H30N2O7S. The van der Waals surface area contributed by atoms with Gasteiger partial charge in [-0.15, -0.1) is 0 Å². The minimum atomic E-state index is -3.92. The van der Waals surface area contributed by atoms with Crippen molar-refractivity contribution in [1.82, 2.24) is 0 Å². The Labute approximate surface area is 222 Å². The molecule has 0 fully saturated rings. The van der Waals surface area contributed by atoms with Crippen LogP contribution >= 0.6 is 0 Å². The highest BCUT2D eigenvalue weighted by molar-refractivity contribution is 7.95. The number of nitrogens with one attached hydrogen (secondary N) is 2. The van der Waals surface area contributed by atoms with Gasteiger partial charge in [-0.2, -0.15) is 0 Å². The molecule has 0 saturated heterocycles. The van der Waals surface area contributed by atoms with Crippen LogP contribution < -0.4 is 29.0 Å². The van der Waals surface area contributed by atoms with Crippen molar-refractivity contribution in [2.75, 3.05) is 38.5 Å². The van der Waals surface area contributed by atoms with Crippen LogP contribution in [0.1, 0.15) is 21.5 Å². The molecule has 10 heteroatoms. The van der Waals surface area contributed by atoms with Crippen LogP contribution in [0.5, 0.6) is 23.0 Å². The maximum Gasteiger partial charge on any atom is 0.255 e. The van der Waals surface area contributed by atoms with E-state index in [0.717, 1.165) is 11.0 Å². The number of carbonyl (C=O) groups is 1. The number of anilines is 2. The Morgan fingerprint density at radius 1 is 0.816 bits per heavy atom. The second kappa shape index (κ2) is 12.7. The van der Waals surface area contributed by atoms with Gasteiger partial charge in [0.2, 0.25) is 0 Å². The minimum Gasteiger partial charge on any atom is -0.496 e. The lowest BCUT2D eigenvalue weighted by Crippen LogP contribution is -2.09. The summed E-state index contributed by atoms with van der Waals surface area (Å²) in [5, 5.41) is 3.99. The zero-order chi connectivity index (χ0) is 27.7. The fourth-order valence-corrected chi connectivity index (χ4v) is 4.30. The molecule has 0 aliphatic rings. The minimum absolute atomic E-state index is 0.178. The number of ether oxygens (including phenoxy) is 4. The van der Waals surface area contributed by atoms with Gasteiger partial charge in [0.15, 0.2) is 5.78 Å². The van der Waals surface area contributed by atoms with Crippen LogP contribution in [0.2, 0.25) is 0 Å². The summed E-state index contributed by atoms with van der Waals surface area (Å²) in [7, 11) is 2.01. The third kappa shape index (κ3) is 7.30. The Morgan fingerprint density at radius 2 is 1.45 bits per heavy atom. The molecule has 0 atom stereocenters. The van der Waals surface area contributed by atoms with Crippen molar-refractivity contribution in [3.63, 3.8) is 0 Å². The second-order valence-corrected chi connectivity index (χ2v) is 9.58. The Kier molecular flexibility index (Phi) is 9.39. The second-order valence-electron chi connectivity index (χ2n) is 8.02. The van der Waals surface area contributed by atoms with E-state index in [1.807, 2.05) is 19.1 Å². The van der Waals surface area contributed by atoms with Crippen LogP contribution in [0.3, 0.4) is 0 Å². The number of benzene rings is 3. The predicted molar refractivity (Wildman–Crippen MR) is 149 cm³/mol. The lowest BCUT2D eigenvalue weighted by atomic mass is 10.1. The van der Waals surface area contributed by atoms with Gasteiger partial charge in [0, 0.05) is 30.0 Å². The number of hydrogen-bond donors (Lipinski definition) is 2. The molecule has 0 heterocycles. The van der Waals surface area contributed by atoms with Crippen LogP contribution in [0, 0.1) is 6.92 Å². The van der Waals surface area contributed by atoms with Gasteiger partial charge in [0.05, 0.1) is 50.8 Å². The molecule has 38 heavy (non-hydrogen) atoms. The van der Waals surface area contributed by atoms with Crippen molar-refractivity contribution in [2.24, 2.45) is 0 Å². The van der Waals surface area contributed by atoms with Crippen molar-refractivity contribution < 1.29 is 32.2 Å². The Balaban J connectivity index is 1.78. The third-order valence-electron chi connectivity index (χ3n) is 5.44. The first-order valence-electron chi connectivity index (χ1n) is 11.4. The smallest absolute Gasteiger partial charge is 0.255 e. The molecule has 9 nitrogen and oxygen atoms in total. The number of sulfonamides is 1. The van der Waals surface area contributed by atoms with E-state index in [1.165, 1.54) is 46.8 Å². The van der Waals surface area contributed by atoms with Gasteiger partial charge in [0.1, 0.15) is 23.0 Å². The van der Waals surface area contributed by atoms with E-state index >= 15 is 0 Å². The zero-order valence-corrected chi connectivity index (χ0v) is 22.6. The molecule has 0 aromatic heterocycles. The van der Waals surface area contributed by atoms with Gasteiger partial charge >= 0.3 is 0 Å². The molecule has 0 bridgehead atoms. The normalized spacial score (nSPS) is 11.4. The first-order valence-corrected chi connectivity index (χ1v) is 13.0. The van der Waals surface area contributed by atoms with Gasteiger partial charge in [0.25, 0.3) is 10.0 Å². The van der Waals surface area contributed by atoms with Gasteiger partial charge in [-0.25, -0.2) is 8.42 Å². The van der Waals surface area contributed by atoms with E-state index in [-0.39, 0.29) is 11.5 Å². The molecule has 0 spiro atoms. The van der Waals surface area contributed by atoms with Crippen molar-refractivity contribution in [1.29, 1.82) is 0 Å². The molecule has 0 aliphatic carbocycles. The fraction of sp³-hybridized carbons (Fsp3) is 0.179. The van der Waals surface area contributed by atoms with Gasteiger partial charge in [-0.05, 0) is 31.2 Å². The molecular weight excluding hydrogens is 508 g/mol. The highest BCUT2D eigenvalue weighted by Gasteiger charge is 2.14. The van der Waals surface area contributed by atoms with Crippen molar-refractivity contribution in [3.8, 4) is 23.0 Å². The summed E-state index contributed by atoms with van der Waals surface area (Å²) < 4.78 is 49.5. The van der Waals surface area contributed by atoms with Crippen molar-refractivity contribution >= 4 is 33.3 Å². The van der Waals surface area contributed by atoms with Crippen LogP contribution in [0.15, 0.2) is 72.3 Å². The average molecular weight is 539 g/mol. The third-order valence-corrected chi connectivity index (χ3v) is 6.45. The zero-order valence-electron chi connectivity index (χ0n) is 21.8. The van der Waals surface area contributed by atoms with E-state index < -0.39 is 10.0 Å². The summed E-state index contributed by atoms with van der Waals surface area (Å²) in [5.74, 6) is 1.56. The van der Waals surface area contributed by atoms with E-state index in [4.69, 9.17) is 18.9 Å². The summed E-state index contributed by atoms with van der Waals surface area (Å²) in [6, 6.07) is 15.2. The molecule has 3 rings (SSSR count). The van der Waals surface area contributed by atoms with Crippen LogP contribution in [0.4, 0.5) is 11.4 Å². The molecule has 0 saturated carbocycles. The predicted octanol–water partition coefficient (Wildman–Crippen LogP) is 5.25. The molecule has 200 valence electrons. The van der Waals surface area contributed by atoms with E-state index in [9.17, 15) is 13.2 Å². The highest BCUT2D eigenvalue weighted by Crippen LogP contribution is 2.35. The molecule has 0 amide bonds. The molecule has 0 aliphatic heterocycles. The number of carbonyl (C=O) groups excluding carboxylic acids is 1. The molecule has 2 N–H and O–H groups in total. The Morgan fingerprint density at radius 3 is 2.03 bits per heavy atom. The molecule has 0 radical (unpaired) electrons. The summed E-state index contributed by atoms with van der Waals surface area (Å²) in [4.78, 5) is 12.4. The highest BCUT2D eigenvalue weighted by atomic mass is 32.2. The van der Waals surface area contributed by atoms with Crippen LogP contribution in [-0.4, -0.2) is 42.6 Å². The number of aryl methyl sites for hydroxylation is 1. The summed E-state index contributed by atoms with van der Waals surface area (Å²) in [6.45, 7) is 1.95. The number of allylic oxidation sites excluding steroid dienone is 1. The number of hydrogen-bond acceptors (Lipinski definition) is 8. The SMILES string of the molecule is COc1cc(OC)c(C=CS(=O)(=O)Nc2ccc(OC)c(NC=CC(=O)c3ccc(C)cc3)c2)c(OC)c1. The fourth-order valence-electron chi connectivity index (χ4n) is 3.46. The number of methoxy groups -OCH3 is 4. The van der Waals surface area contributed by atoms with E-state index in [2.05, 4.69) is 10.0 Å². The summed E-state index contributed by atoms with van der Waals surface area (Å²) >= 11 is 0. The Hall–Kier alpha value is -4.44. The number of rotatable bonds is 12. The van der Waals surface area contributed by atoms with Gasteiger partial charge in [-0.1, -0.05) is 29.8 Å². The molecule has 0 unspecified atom stereocenters. The molecule has 3 aromatic carbocycles.